The van der Waals surface area contributed by atoms with Crippen LogP contribution in [0.5, 0.6) is 0 Å². The third kappa shape index (κ3) is 5.36. The standard InChI is InChI=1S/C21H18N4O3S/c26-20(22-16-11-5-2-6-12-16)19(15-9-3-1-4-10-15)24-21(29)23-17-13-7-8-14-18(17)25(27)28/h1-14,19H,(H,22,26)(H2,23,24,29). The van der Waals surface area contributed by atoms with Crippen molar-refractivity contribution >= 4 is 40.3 Å². The fourth-order valence-corrected chi connectivity index (χ4v) is 2.94. The van der Waals surface area contributed by atoms with Crippen LogP contribution in [0.25, 0.3) is 0 Å². The number of nitrogens with one attached hydrogen (secondary N) is 3. The first-order valence-electron chi connectivity index (χ1n) is 8.76. The Labute approximate surface area is 172 Å². The number of nitrogens with zero attached hydrogens (tertiary/aromatic N) is 1. The van der Waals surface area contributed by atoms with Crippen molar-refractivity contribution in [2.75, 3.05) is 10.6 Å². The highest BCUT2D eigenvalue weighted by molar-refractivity contribution is 7.80. The highest BCUT2D eigenvalue weighted by Crippen LogP contribution is 2.23. The Morgan fingerprint density at radius 1 is 0.862 bits per heavy atom. The molecule has 0 fully saturated rings. The van der Waals surface area contributed by atoms with E-state index in [1.807, 2.05) is 36.4 Å². The molecular formula is C21H18N4O3S. The Morgan fingerprint density at radius 3 is 2.10 bits per heavy atom. The van der Waals surface area contributed by atoms with Crippen molar-refractivity contribution in [3.8, 4) is 0 Å². The number of para-hydroxylation sites is 3. The smallest absolute Gasteiger partial charge is 0.292 e. The van der Waals surface area contributed by atoms with Crippen LogP contribution in [0.1, 0.15) is 11.6 Å². The predicted molar refractivity (Wildman–Crippen MR) is 117 cm³/mol. The van der Waals surface area contributed by atoms with Gasteiger partial charge in [0.2, 0.25) is 0 Å². The second kappa shape index (κ2) is 9.43. The summed E-state index contributed by atoms with van der Waals surface area (Å²) in [4.78, 5) is 23.6. The Morgan fingerprint density at radius 2 is 1.45 bits per heavy atom. The van der Waals surface area contributed by atoms with Crippen LogP contribution in [0.2, 0.25) is 0 Å². The van der Waals surface area contributed by atoms with E-state index in [2.05, 4.69) is 16.0 Å². The number of thiocarbonyl (C=S) groups is 1. The molecular weight excluding hydrogens is 388 g/mol. The van der Waals surface area contributed by atoms with E-state index >= 15 is 0 Å². The number of hydrogen-bond acceptors (Lipinski definition) is 4. The molecule has 0 aliphatic rings. The molecule has 0 heterocycles. The first kappa shape index (κ1) is 20.0. The van der Waals surface area contributed by atoms with Gasteiger partial charge in [-0.15, -0.1) is 0 Å². The van der Waals surface area contributed by atoms with Gasteiger partial charge < -0.3 is 16.0 Å². The lowest BCUT2D eigenvalue weighted by Gasteiger charge is -2.21. The van der Waals surface area contributed by atoms with Gasteiger partial charge in [0.1, 0.15) is 11.7 Å². The predicted octanol–water partition coefficient (Wildman–Crippen LogP) is 4.26. The number of benzene rings is 3. The summed E-state index contributed by atoms with van der Waals surface area (Å²) in [5.41, 5.74) is 1.48. The summed E-state index contributed by atoms with van der Waals surface area (Å²) in [5, 5.41) is 19.9. The van der Waals surface area contributed by atoms with Gasteiger partial charge in [-0.25, -0.2) is 0 Å². The van der Waals surface area contributed by atoms with Crippen LogP contribution in [-0.4, -0.2) is 15.9 Å². The van der Waals surface area contributed by atoms with E-state index in [-0.39, 0.29) is 22.4 Å². The molecule has 0 saturated heterocycles. The summed E-state index contributed by atoms with van der Waals surface area (Å²) >= 11 is 5.32. The highest BCUT2D eigenvalue weighted by Gasteiger charge is 2.22. The monoisotopic (exact) mass is 406 g/mol. The molecule has 3 rings (SSSR count). The summed E-state index contributed by atoms with van der Waals surface area (Å²) in [6, 6.07) is 23.5. The molecule has 29 heavy (non-hydrogen) atoms. The molecule has 1 amide bonds. The molecule has 0 aromatic heterocycles. The molecule has 3 N–H and O–H groups in total. The molecule has 7 nitrogen and oxygen atoms in total. The normalized spacial score (nSPS) is 11.2. The number of nitro groups is 1. The summed E-state index contributed by atoms with van der Waals surface area (Å²) < 4.78 is 0. The number of rotatable bonds is 6. The molecule has 0 aliphatic carbocycles. The fraction of sp³-hybridized carbons (Fsp3) is 0.0476. The van der Waals surface area contributed by atoms with Crippen LogP contribution < -0.4 is 16.0 Å². The minimum atomic E-state index is -0.792. The maximum absolute atomic E-state index is 12.9. The Kier molecular flexibility index (Phi) is 6.49. The van der Waals surface area contributed by atoms with Gasteiger partial charge in [0.15, 0.2) is 5.11 Å². The van der Waals surface area contributed by atoms with E-state index in [0.717, 1.165) is 0 Å². The Bertz CT molecular complexity index is 1010. The lowest BCUT2D eigenvalue weighted by molar-refractivity contribution is -0.383. The first-order chi connectivity index (χ1) is 14.0. The van der Waals surface area contributed by atoms with Gasteiger partial charge >= 0.3 is 0 Å². The van der Waals surface area contributed by atoms with Gasteiger partial charge in [-0.1, -0.05) is 60.7 Å². The molecule has 1 atom stereocenters. The highest BCUT2D eigenvalue weighted by atomic mass is 32.1. The number of amides is 1. The number of carbonyl (C=O) groups is 1. The van der Waals surface area contributed by atoms with Crippen molar-refractivity contribution in [2.45, 2.75) is 6.04 Å². The van der Waals surface area contributed by atoms with Crippen LogP contribution in [0.3, 0.4) is 0 Å². The van der Waals surface area contributed by atoms with Gasteiger partial charge in [0.25, 0.3) is 11.6 Å². The maximum atomic E-state index is 12.9. The van der Waals surface area contributed by atoms with E-state index in [4.69, 9.17) is 12.2 Å². The summed E-state index contributed by atoms with van der Waals surface area (Å²) in [5.74, 6) is -0.311. The third-order valence-electron chi connectivity index (χ3n) is 4.06. The number of carbonyl (C=O) groups excluding carboxylic acids is 1. The van der Waals surface area contributed by atoms with Crippen LogP contribution in [0.4, 0.5) is 17.1 Å². The van der Waals surface area contributed by atoms with Gasteiger partial charge in [0, 0.05) is 11.8 Å². The van der Waals surface area contributed by atoms with E-state index < -0.39 is 11.0 Å². The minimum Gasteiger partial charge on any atom is -0.347 e. The van der Waals surface area contributed by atoms with Crippen molar-refractivity contribution in [2.24, 2.45) is 0 Å². The molecule has 0 bridgehead atoms. The van der Waals surface area contributed by atoms with Gasteiger partial charge in [0.05, 0.1) is 4.92 Å². The average Bonchev–Trinajstić information content (AvgIpc) is 2.73. The van der Waals surface area contributed by atoms with Crippen LogP contribution in [-0.2, 0) is 4.79 Å². The van der Waals surface area contributed by atoms with Crippen molar-refractivity contribution in [3.05, 3.63) is 101 Å². The van der Waals surface area contributed by atoms with E-state index in [9.17, 15) is 14.9 Å². The van der Waals surface area contributed by atoms with Crippen LogP contribution in [0.15, 0.2) is 84.9 Å². The second-order valence-electron chi connectivity index (χ2n) is 6.07. The second-order valence-corrected chi connectivity index (χ2v) is 6.48. The van der Waals surface area contributed by atoms with Gasteiger partial charge in [-0.05, 0) is 36.0 Å². The van der Waals surface area contributed by atoms with Gasteiger partial charge in [-0.2, -0.15) is 0 Å². The number of anilines is 2. The first-order valence-corrected chi connectivity index (χ1v) is 9.17. The average molecular weight is 406 g/mol. The van der Waals surface area contributed by atoms with Crippen LogP contribution >= 0.6 is 12.2 Å². The Balaban J connectivity index is 1.79. The molecule has 146 valence electrons. The lowest BCUT2D eigenvalue weighted by Crippen LogP contribution is -2.39. The number of hydrogen-bond donors (Lipinski definition) is 3. The van der Waals surface area contributed by atoms with E-state index in [1.54, 1.807) is 42.5 Å². The van der Waals surface area contributed by atoms with Crippen molar-refractivity contribution < 1.29 is 9.72 Å². The van der Waals surface area contributed by atoms with Crippen molar-refractivity contribution in [1.29, 1.82) is 0 Å². The fourth-order valence-electron chi connectivity index (χ4n) is 2.71. The summed E-state index contributed by atoms with van der Waals surface area (Å²) in [6.45, 7) is 0. The molecule has 1 unspecified atom stereocenters. The topological polar surface area (TPSA) is 96.3 Å². The van der Waals surface area contributed by atoms with E-state index in [0.29, 0.717) is 11.3 Å². The Hall–Kier alpha value is -3.78. The largest absolute Gasteiger partial charge is 0.347 e. The quantitative estimate of drug-likeness (QED) is 0.322. The zero-order valence-electron chi connectivity index (χ0n) is 15.2. The van der Waals surface area contributed by atoms with Gasteiger partial charge in [-0.3, -0.25) is 14.9 Å². The number of nitro benzene ring substituents is 1. The minimum absolute atomic E-state index is 0.0939. The lowest BCUT2D eigenvalue weighted by atomic mass is 10.1. The molecule has 0 aliphatic heterocycles. The molecule has 0 spiro atoms. The van der Waals surface area contributed by atoms with Crippen molar-refractivity contribution in [1.82, 2.24) is 5.32 Å². The zero-order valence-corrected chi connectivity index (χ0v) is 16.1. The zero-order chi connectivity index (χ0) is 20.6. The molecule has 8 heteroatoms. The summed E-state index contributed by atoms with van der Waals surface area (Å²) in [7, 11) is 0. The van der Waals surface area contributed by atoms with E-state index in [1.165, 1.54) is 6.07 Å². The van der Waals surface area contributed by atoms with Crippen LogP contribution in [0, 0.1) is 10.1 Å². The molecule has 0 saturated carbocycles. The molecule has 3 aromatic carbocycles. The maximum Gasteiger partial charge on any atom is 0.292 e. The molecule has 3 aromatic rings. The third-order valence-corrected chi connectivity index (χ3v) is 4.28. The molecule has 0 radical (unpaired) electrons. The SMILES string of the molecule is O=C(Nc1ccccc1)C(NC(=S)Nc1ccccc1[N+](=O)[O-])c1ccccc1. The van der Waals surface area contributed by atoms with Crippen molar-refractivity contribution in [3.63, 3.8) is 0 Å². The summed E-state index contributed by atoms with van der Waals surface area (Å²) in [6.07, 6.45) is 0.